The van der Waals surface area contributed by atoms with E-state index < -0.39 is 0 Å². The Morgan fingerprint density at radius 2 is 1.90 bits per heavy atom. The molecule has 5 nitrogen and oxygen atoms in total. The average Bonchev–Trinajstić information content (AvgIpc) is 3.20. The van der Waals surface area contributed by atoms with Gasteiger partial charge in [0.25, 0.3) is 5.56 Å². The summed E-state index contributed by atoms with van der Waals surface area (Å²) in [5.74, 6) is 1.56. The molecule has 2 aromatic heterocycles. The zero-order valence-electron chi connectivity index (χ0n) is 16.5. The van der Waals surface area contributed by atoms with Gasteiger partial charge in [0.05, 0.1) is 12.5 Å². The number of fused-ring (bicyclic) bond motifs is 1. The molecule has 0 saturated heterocycles. The fourth-order valence-corrected chi connectivity index (χ4v) is 4.52. The molecule has 0 unspecified atom stereocenters. The van der Waals surface area contributed by atoms with Crippen molar-refractivity contribution in [3.8, 4) is 16.2 Å². The summed E-state index contributed by atoms with van der Waals surface area (Å²) in [6.45, 7) is 2.78. The first-order chi connectivity index (χ1) is 14.2. The number of quaternary nitrogens is 1. The third-order valence-electron chi connectivity index (χ3n) is 5.09. The predicted octanol–water partition coefficient (Wildman–Crippen LogP) is 3.87. The lowest BCUT2D eigenvalue weighted by molar-refractivity contribution is -0.712. The lowest BCUT2D eigenvalue weighted by Crippen LogP contribution is -2.83. The van der Waals surface area contributed by atoms with Gasteiger partial charge < -0.3 is 15.0 Å². The van der Waals surface area contributed by atoms with Gasteiger partial charge >= 0.3 is 0 Å². The molecule has 0 aliphatic carbocycles. The van der Waals surface area contributed by atoms with Crippen molar-refractivity contribution in [1.82, 2.24) is 9.97 Å². The maximum Gasteiger partial charge on any atom is 0.259 e. The number of nitrogens with two attached hydrogens (primary N) is 1. The van der Waals surface area contributed by atoms with E-state index in [1.54, 1.807) is 18.4 Å². The van der Waals surface area contributed by atoms with Crippen LogP contribution in [0.3, 0.4) is 0 Å². The number of methoxy groups -OCH3 is 1. The maximum absolute atomic E-state index is 12.6. The fourth-order valence-electron chi connectivity index (χ4n) is 3.46. The number of benzene rings is 2. The van der Waals surface area contributed by atoms with Crippen molar-refractivity contribution in [3.63, 3.8) is 0 Å². The van der Waals surface area contributed by atoms with Crippen LogP contribution in [-0.4, -0.2) is 17.1 Å². The van der Waals surface area contributed by atoms with Crippen molar-refractivity contribution in [2.75, 3.05) is 7.11 Å². The summed E-state index contributed by atoms with van der Waals surface area (Å²) in [7, 11) is 1.67. The number of thiophene rings is 1. The van der Waals surface area contributed by atoms with Crippen molar-refractivity contribution in [1.29, 1.82) is 0 Å². The van der Waals surface area contributed by atoms with E-state index >= 15 is 0 Å². The lowest BCUT2D eigenvalue weighted by Gasteiger charge is -2.14. The maximum atomic E-state index is 12.6. The van der Waals surface area contributed by atoms with E-state index in [-0.39, 0.29) is 5.56 Å². The van der Waals surface area contributed by atoms with E-state index in [2.05, 4.69) is 29.4 Å². The Morgan fingerprint density at radius 3 is 2.59 bits per heavy atom. The van der Waals surface area contributed by atoms with Crippen LogP contribution in [0.25, 0.3) is 20.7 Å². The summed E-state index contributed by atoms with van der Waals surface area (Å²) < 4.78 is 5.24. The van der Waals surface area contributed by atoms with Crippen LogP contribution in [0, 0.1) is 0 Å². The molecule has 2 aromatic carbocycles. The molecule has 148 valence electrons. The van der Waals surface area contributed by atoms with E-state index in [1.165, 1.54) is 5.56 Å². The quantitative estimate of drug-likeness (QED) is 0.489. The van der Waals surface area contributed by atoms with Crippen LogP contribution in [0.4, 0.5) is 0 Å². The Labute approximate surface area is 173 Å². The third kappa shape index (κ3) is 4.23. The van der Waals surface area contributed by atoms with Crippen LogP contribution in [0.1, 0.15) is 30.8 Å². The summed E-state index contributed by atoms with van der Waals surface area (Å²) in [5, 5.41) is 2.87. The number of nitrogens with zero attached hydrogens (tertiary/aromatic N) is 1. The summed E-state index contributed by atoms with van der Waals surface area (Å²) in [6, 6.07) is 20.5. The number of ether oxygens (including phenoxy) is 1. The van der Waals surface area contributed by atoms with E-state index in [9.17, 15) is 4.79 Å². The molecule has 4 rings (SSSR count). The standard InChI is InChI=1S/C23H23N3O2S/c1-3-19(15-9-11-17(28-2)12-10-15)24-14-21-25-22(27)18-13-20(29-23(18)26-21)16-7-5-4-6-8-16/h4-13,19,24H,3,14H2,1-2H3,(H,25,26,27)/p+1/t19-/m1/s1. The van der Waals surface area contributed by atoms with Crippen LogP contribution < -0.4 is 15.6 Å². The molecule has 4 aromatic rings. The van der Waals surface area contributed by atoms with Gasteiger partial charge in [0.15, 0.2) is 5.82 Å². The van der Waals surface area contributed by atoms with Gasteiger partial charge in [0, 0.05) is 16.9 Å². The first-order valence-corrected chi connectivity index (χ1v) is 10.5. The number of nitrogens with one attached hydrogen (secondary N) is 1. The SMILES string of the molecule is CC[C@@H]([NH2+]Cc1nc2sc(-c3ccccc3)cc2c(=O)[nH]1)c1ccc(OC)cc1. The second-order valence-electron chi connectivity index (χ2n) is 6.94. The monoisotopic (exact) mass is 406 g/mol. The molecule has 0 radical (unpaired) electrons. The van der Waals surface area contributed by atoms with Gasteiger partial charge in [0.1, 0.15) is 23.2 Å². The number of aromatic amines is 1. The minimum Gasteiger partial charge on any atom is -0.497 e. The molecule has 0 spiro atoms. The van der Waals surface area contributed by atoms with Crippen molar-refractivity contribution in [3.05, 3.63) is 82.4 Å². The van der Waals surface area contributed by atoms with Gasteiger partial charge in [-0.2, -0.15) is 0 Å². The molecule has 2 heterocycles. The van der Waals surface area contributed by atoms with Crippen molar-refractivity contribution < 1.29 is 10.1 Å². The Bertz CT molecular complexity index is 1150. The van der Waals surface area contributed by atoms with E-state index in [1.807, 2.05) is 48.5 Å². The summed E-state index contributed by atoms with van der Waals surface area (Å²) >= 11 is 1.56. The number of rotatable bonds is 7. The average molecular weight is 407 g/mol. The van der Waals surface area contributed by atoms with Crippen LogP contribution in [0.15, 0.2) is 65.5 Å². The smallest absolute Gasteiger partial charge is 0.259 e. The highest BCUT2D eigenvalue weighted by molar-refractivity contribution is 7.21. The first-order valence-electron chi connectivity index (χ1n) is 9.73. The van der Waals surface area contributed by atoms with Crippen LogP contribution in [-0.2, 0) is 6.54 Å². The van der Waals surface area contributed by atoms with Gasteiger partial charge in [-0.15, -0.1) is 11.3 Å². The summed E-state index contributed by atoms with van der Waals surface area (Å²) in [5.41, 5.74) is 2.27. The van der Waals surface area contributed by atoms with Crippen LogP contribution in [0.2, 0.25) is 0 Å². The predicted molar refractivity (Wildman–Crippen MR) is 117 cm³/mol. The minimum atomic E-state index is -0.0747. The van der Waals surface area contributed by atoms with Crippen LogP contribution in [0.5, 0.6) is 5.75 Å². The second kappa shape index (κ2) is 8.59. The fraction of sp³-hybridized carbons (Fsp3) is 0.217. The Hall–Kier alpha value is -2.96. The molecule has 0 aliphatic heterocycles. The van der Waals surface area contributed by atoms with Crippen molar-refractivity contribution in [2.24, 2.45) is 0 Å². The number of aromatic nitrogens is 2. The molecule has 29 heavy (non-hydrogen) atoms. The Balaban J connectivity index is 1.55. The number of H-pyrrole nitrogens is 1. The molecule has 0 amide bonds. The molecule has 0 saturated carbocycles. The molecule has 0 fully saturated rings. The molecule has 3 N–H and O–H groups in total. The number of hydrogen-bond acceptors (Lipinski definition) is 4. The highest BCUT2D eigenvalue weighted by Gasteiger charge is 2.15. The molecule has 6 heteroatoms. The summed E-state index contributed by atoms with van der Waals surface area (Å²) in [6.07, 6.45) is 0.982. The van der Waals surface area contributed by atoms with Gasteiger partial charge in [0.2, 0.25) is 0 Å². The van der Waals surface area contributed by atoms with Gasteiger partial charge in [-0.05, 0) is 35.9 Å². The number of hydrogen-bond donors (Lipinski definition) is 2. The highest BCUT2D eigenvalue weighted by Crippen LogP contribution is 2.30. The molecule has 1 atom stereocenters. The molecular weight excluding hydrogens is 382 g/mol. The second-order valence-corrected chi connectivity index (χ2v) is 7.97. The van der Waals surface area contributed by atoms with E-state index in [4.69, 9.17) is 9.72 Å². The lowest BCUT2D eigenvalue weighted by atomic mass is 10.0. The van der Waals surface area contributed by atoms with Gasteiger partial charge in [-0.25, -0.2) is 4.98 Å². The Kier molecular flexibility index (Phi) is 5.74. The molecule has 0 bridgehead atoms. The van der Waals surface area contributed by atoms with Crippen molar-refractivity contribution in [2.45, 2.75) is 25.9 Å². The largest absolute Gasteiger partial charge is 0.497 e. The van der Waals surface area contributed by atoms with Crippen molar-refractivity contribution >= 4 is 21.6 Å². The Morgan fingerprint density at radius 1 is 1.14 bits per heavy atom. The first kappa shape index (κ1) is 19.4. The highest BCUT2D eigenvalue weighted by atomic mass is 32.1. The topological polar surface area (TPSA) is 71.6 Å². The minimum absolute atomic E-state index is 0.0747. The van der Waals surface area contributed by atoms with E-state index in [0.717, 1.165) is 27.4 Å². The normalized spacial score (nSPS) is 12.2. The third-order valence-corrected chi connectivity index (χ3v) is 6.17. The zero-order chi connectivity index (χ0) is 20.2. The zero-order valence-corrected chi connectivity index (χ0v) is 17.3. The van der Waals surface area contributed by atoms with Gasteiger partial charge in [-0.1, -0.05) is 37.3 Å². The molecular formula is C23H24N3O2S+. The van der Waals surface area contributed by atoms with Crippen LogP contribution >= 0.6 is 11.3 Å². The summed E-state index contributed by atoms with van der Waals surface area (Å²) in [4.78, 5) is 22.1. The molecule has 0 aliphatic rings. The van der Waals surface area contributed by atoms with Gasteiger partial charge in [-0.3, -0.25) is 4.79 Å². The van der Waals surface area contributed by atoms with E-state index in [0.29, 0.717) is 23.8 Å².